The molecule has 23 heavy (non-hydrogen) atoms. The molecule has 0 aliphatic rings. The molecule has 3 rings (SSSR count). The van der Waals surface area contributed by atoms with Crippen molar-refractivity contribution in [2.45, 2.75) is 20.6 Å². The highest BCUT2D eigenvalue weighted by Gasteiger charge is 2.11. The molecule has 0 saturated carbocycles. The minimum absolute atomic E-state index is 0.0229. The molecule has 1 aromatic heterocycles. The number of pyridine rings is 1. The molecule has 0 unspecified atom stereocenters. The van der Waals surface area contributed by atoms with Crippen LogP contribution in [0, 0.1) is 6.92 Å². The van der Waals surface area contributed by atoms with Crippen molar-refractivity contribution in [2.75, 3.05) is 0 Å². The molecule has 3 aromatic rings. The van der Waals surface area contributed by atoms with Crippen molar-refractivity contribution in [3.63, 3.8) is 0 Å². The van der Waals surface area contributed by atoms with Gasteiger partial charge in [0.15, 0.2) is 12.2 Å². The third-order valence-electron chi connectivity index (χ3n) is 3.73. The fraction of sp³-hybridized carbons (Fsp3) is 0.158. The van der Waals surface area contributed by atoms with E-state index in [1.165, 1.54) is 6.92 Å². The maximum Gasteiger partial charge on any atom is 0.304 e. The van der Waals surface area contributed by atoms with Gasteiger partial charge in [-0.3, -0.25) is 9.59 Å². The molecule has 116 valence electrons. The van der Waals surface area contributed by atoms with Crippen molar-refractivity contribution in [2.24, 2.45) is 0 Å². The van der Waals surface area contributed by atoms with E-state index in [2.05, 4.69) is 0 Å². The van der Waals surface area contributed by atoms with E-state index in [0.29, 0.717) is 10.9 Å². The number of aryl methyl sites for hydroxylation is 1. The van der Waals surface area contributed by atoms with E-state index in [-0.39, 0.29) is 18.1 Å². The molecule has 0 bridgehead atoms. The zero-order chi connectivity index (χ0) is 16.4. The maximum absolute atomic E-state index is 12.8. The molecule has 0 fully saturated rings. The minimum Gasteiger partial charge on any atom is -0.444 e. The van der Waals surface area contributed by atoms with Crippen LogP contribution in [0.2, 0.25) is 0 Å². The number of ether oxygens (including phenoxy) is 1. The van der Waals surface area contributed by atoms with Gasteiger partial charge in [0.1, 0.15) is 0 Å². The highest BCUT2D eigenvalue weighted by Crippen LogP contribution is 2.20. The van der Waals surface area contributed by atoms with E-state index in [1.807, 2.05) is 55.5 Å². The summed E-state index contributed by atoms with van der Waals surface area (Å²) in [5.41, 5.74) is 3.22. The third kappa shape index (κ3) is 3.01. The van der Waals surface area contributed by atoms with Crippen LogP contribution in [0.1, 0.15) is 12.5 Å². The molecule has 2 aromatic carbocycles. The fourth-order valence-corrected chi connectivity index (χ4v) is 2.59. The lowest BCUT2D eigenvalue weighted by atomic mass is 10.0. The number of esters is 1. The molecule has 0 aliphatic heterocycles. The Kier molecular flexibility index (Phi) is 3.98. The van der Waals surface area contributed by atoms with E-state index >= 15 is 0 Å². The van der Waals surface area contributed by atoms with Crippen LogP contribution in [0.15, 0.2) is 59.5 Å². The van der Waals surface area contributed by atoms with Crippen molar-refractivity contribution < 1.29 is 9.53 Å². The van der Waals surface area contributed by atoms with Crippen LogP contribution in [0.3, 0.4) is 0 Å². The SMILES string of the molecule is CC(=O)OCn1cc(-c2ccccc2)c(=O)c2ccc(C)cc21. The minimum atomic E-state index is -0.356. The van der Waals surface area contributed by atoms with Crippen LogP contribution in [0.4, 0.5) is 0 Å². The number of nitrogens with zero attached hydrogens (tertiary/aromatic N) is 1. The lowest BCUT2D eigenvalue weighted by Crippen LogP contribution is -2.14. The molecule has 0 amide bonds. The first-order valence-electron chi connectivity index (χ1n) is 7.39. The van der Waals surface area contributed by atoms with E-state index in [0.717, 1.165) is 16.6 Å². The molecule has 0 radical (unpaired) electrons. The number of carbonyl (C=O) groups is 1. The number of fused-ring (bicyclic) bond motifs is 1. The zero-order valence-electron chi connectivity index (χ0n) is 13.1. The molecule has 0 N–H and O–H groups in total. The Bertz CT molecular complexity index is 926. The molecular weight excluding hydrogens is 290 g/mol. The second kappa shape index (κ2) is 6.08. The van der Waals surface area contributed by atoms with Crippen molar-refractivity contribution >= 4 is 16.9 Å². The van der Waals surface area contributed by atoms with E-state index in [4.69, 9.17) is 4.74 Å². The first-order valence-corrected chi connectivity index (χ1v) is 7.39. The fourth-order valence-electron chi connectivity index (χ4n) is 2.59. The average molecular weight is 307 g/mol. The standard InChI is InChI=1S/C19H17NO3/c1-13-8-9-16-18(10-13)20(12-23-14(2)21)11-17(19(16)22)15-6-4-3-5-7-15/h3-11H,12H2,1-2H3. The first kappa shape index (κ1) is 15.0. The number of hydrogen-bond acceptors (Lipinski definition) is 3. The summed E-state index contributed by atoms with van der Waals surface area (Å²) in [5, 5.41) is 0.615. The summed E-state index contributed by atoms with van der Waals surface area (Å²) >= 11 is 0. The van der Waals surface area contributed by atoms with Crippen LogP contribution in [-0.4, -0.2) is 10.5 Å². The second-order valence-corrected chi connectivity index (χ2v) is 5.49. The van der Waals surface area contributed by atoms with Crippen LogP contribution in [-0.2, 0) is 16.3 Å². The highest BCUT2D eigenvalue weighted by molar-refractivity contribution is 5.84. The van der Waals surface area contributed by atoms with Crippen LogP contribution in [0.5, 0.6) is 0 Å². The topological polar surface area (TPSA) is 48.3 Å². The van der Waals surface area contributed by atoms with Gasteiger partial charge in [0, 0.05) is 24.1 Å². The lowest BCUT2D eigenvalue weighted by Gasteiger charge is -2.14. The predicted molar refractivity (Wildman–Crippen MR) is 90.1 cm³/mol. The molecule has 0 atom stereocenters. The average Bonchev–Trinajstić information content (AvgIpc) is 2.55. The quantitative estimate of drug-likeness (QED) is 0.696. The van der Waals surface area contributed by atoms with Gasteiger partial charge in [0.2, 0.25) is 0 Å². The predicted octanol–water partition coefficient (Wildman–Crippen LogP) is 3.50. The normalized spacial score (nSPS) is 10.7. The van der Waals surface area contributed by atoms with Crippen molar-refractivity contribution in [1.29, 1.82) is 0 Å². The summed E-state index contributed by atoms with van der Waals surface area (Å²) in [6.45, 7) is 3.41. The van der Waals surface area contributed by atoms with Crippen molar-refractivity contribution in [3.05, 3.63) is 70.5 Å². The number of carbonyl (C=O) groups excluding carboxylic acids is 1. The summed E-state index contributed by atoms with van der Waals surface area (Å²) in [4.78, 5) is 24.0. The molecule has 4 heteroatoms. The molecule has 0 aliphatic carbocycles. The Labute approximate surface area is 133 Å². The van der Waals surface area contributed by atoms with Crippen LogP contribution in [0.25, 0.3) is 22.0 Å². The van der Waals surface area contributed by atoms with Gasteiger partial charge in [0.05, 0.1) is 5.52 Å². The van der Waals surface area contributed by atoms with Gasteiger partial charge < -0.3 is 9.30 Å². The van der Waals surface area contributed by atoms with Crippen LogP contribution < -0.4 is 5.43 Å². The third-order valence-corrected chi connectivity index (χ3v) is 3.73. The van der Waals surface area contributed by atoms with Gasteiger partial charge in [-0.25, -0.2) is 0 Å². The summed E-state index contributed by atoms with van der Waals surface area (Å²) in [6.07, 6.45) is 1.75. The summed E-state index contributed by atoms with van der Waals surface area (Å²) < 4.78 is 6.93. The zero-order valence-corrected chi connectivity index (χ0v) is 13.1. The largest absolute Gasteiger partial charge is 0.444 e. The smallest absolute Gasteiger partial charge is 0.304 e. The van der Waals surface area contributed by atoms with Gasteiger partial charge in [0.25, 0.3) is 0 Å². The van der Waals surface area contributed by atoms with E-state index in [9.17, 15) is 9.59 Å². The molecular formula is C19H17NO3. The Morgan fingerprint density at radius 2 is 1.87 bits per heavy atom. The first-order chi connectivity index (χ1) is 11.1. The Morgan fingerprint density at radius 3 is 2.57 bits per heavy atom. The van der Waals surface area contributed by atoms with Gasteiger partial charge in [-0.1, -0.05) is 36.4 Å². The maximum atomic E-state index is 12.8. The Hall–Kier alpha value is -2.88. The molecule has 0 saturated heterocycles. The van der Waals surface area contributed by atoms with E-state index < -0.39 is 0 Å². The van der Waals surface area contributed by atoms with Crippen molar-refractivity contribution in [1.82, 2.24) is 4.57 Å². The number of aromatic nitrogens is 1. The summed E-state index contributed by atoms with van der Waals surface area (Å²) in [7, 11) is 0. The molecule has 4 nitrogen and oxygen atoms in total. The Morgan fingerprint density at radius 1 is 1.13 bits per heavy atom. The van der Waals surface area contributed by atoms with Crippen molar-refractivity contribution in [3.8, 4) is 11.1 Å². The van der Waals surface area contributed by atoms with Gasteiger partial charge in [-0.2, -0.15) is 0 Å². The summed E-state index contributed by atoms with van der Waals surface area (Å²) in [6, 6.07) is 15.1. The monoisotopic (exact) mass is 307 g/mol. The summed E-state index contributed by atoms with van der Waals surface area (Å²) in [5.74, 6) is -0.356. The molecule has 0 spiro atoms. The number of benzene rings is 2. The highest BCUT2D eigenvalue weighted by atomic mass is 16.5. The van der Waals surface area contributed by atoms with Gasteiger partial charge in [-0.05, 0) is 30.2 Å². The Balaban J connectivity index is 2.26. The van der Waals surface area contributed by atoms with Crippen LogP contribution >= 0.6 is 0 Å². The van der Waals surface area contributed by atoms with E-state index in [1.54, 1.807) is 10.8 Å². The second-order valence-electron chi connectivity index (χ2n) is 5.49. The number of rotatable bonds is 3. The molecule has 1 heterocycles. The number of hydrogen-bond donors (Lipinski definition) is 0. The lowest BCUT2D eigenvalue weighted by molar-refractivity contribution is -0.144. The van der Waals surface area contributed by atoms with Gasteiger partial charge >= 0.3 is 5.97 Å². The van der Waals surface area contributed by atoms with Gasteiger partial charge in [-0.15, -0.1) is 0 Å².